The molecule has 2 heterocycles. The molecule has 0 saturated carbocycles. The zero-order valence-corrected chi connectivity index (χ0v) is 12.5. The van der Waals surface area contributed by atoms with Crippen LogP contribution in [0, 0.1) is 5.92 Å². The van der Waals surface area contributed by atoms with Crippen molar-refractivity contribution < 1.29 is 14.7 Å². The number of oxime groups is 1. The monoisotopic (exact) mass is 299 g/mol. The summed E-state index contributed by atoms with van der Waals surface area (Å²) in [6.45, 7) is 2.40. The van der Waals surface area contributed by atoms with Gasteiger partial charge in [0, 0.05) is 23.9 Å². The Morgan fingerprint density at radius 1 is 1.27 bits per heavy atom. The SMILES string of the molecule is CC1CC(=NO)c2c(-c3ccc4c(c3)OCO4)nn(C)c2C1. The van der Waals surface area contributed by atoms with Crippen LogP contribution in [0.15, 0.2) is 23.4 Å². The van der Waals surface area contributed by atoms with Crippen LogP contribution in [-0.2, 0) is 13.5 Å². The van der Waals surface area contributed by atoms with Crippen LogP contribution in [0.5, 0.6) is 11.5 Å². The van der Waals surface area contributed by atoms with Gasteiger partial charge in [0.1, 0.15) is 5.69 Å². The minimum absolute atomic E-state index is 0.250. The number of ether oxygens (including phenoxy) is 2. The molecule has 22 heavy (non-hydrogen) atoms. The van der Waals surface area contributed by atoms with Crippen LogP contribution in [0.3, 0.4) is 0 Å². The summed E-state index contributed by atoms with van der Waals surface area (Å²) in [6, 6.07) is 5.78. The number of rotatable bonds is 1. The molecule has 4 rings (SSSR count). The van der Waals surface area contributed by atoms with Crippen molar-refractivity contribution in [3.63, 3.8) is 0 Å². The number of hydrogen-bond donors (Lipinski definition) is 1. The van der Waals surface area contributed by atoms with Gasteiger partial charge < -0.3 is 14.7 Å². The predicted octanol–water partition coefficient (Wildman–Crippen LogP) is 2.58. The lowest BCUT2D eigenvalue weighted by atomic mass is 9.85. The number of benzene rings is 1. The molecule has 114 valence electrons. The zero-order valence-electron chi connectivity index (χ0n) is 12.5. The first-order chi connectivity index (χ1) is 10.7. The van der Waals surface area contributed by atoms with Crippen molar-refractivity contribution in [2.45, 2.75) is 19.8 Å². The van der Waals surface area contributed by atoms with Gasteiger partial charge in [-0.3, -0.25) is 4.68 Å². The minimum Gasteiger partial charge on any atom is -0.454 e. The van der Waals surface area contributed by atoms with E-state index in [4.69, 9.17) is 9.47 Å². The Morgan fingerprint density at radius 3 is 2.91 bits per heavy atom. The summed E-state index contributed by atoms with van der Waals surface area (Å²) in [5, 5.41) is 17.6. The average molecular weight is 299 g/mol. The van der Waals surface area contributed by atoms with Crippen molar-refractivity contribution in [1.29, 1.82) is 0 Å². The van der Waals surface area contributed by atoms with Crippen molar-refractivity contribution in [2.75, 3.05) is 6.79 Å². The minimum atomic E-state index is 0.250. The summed E-state index contributed by atoms with van der Waals surface area (Å²) < 4.78 is 12.7. The van der Waals surface area contributed by atoms with Crippen molar-refractivity contribution in [2.24, 2.45) is 18.1 Å². The molecule has 0 saturated heterocycles. The smallest absolute Gasteiger partial charge is 0.231 e. The first-order valence-corrected chi connectivity index (χ1v) is 7.34. The van der Waals surface area contributed by atoms with Gasteiger partial charge in [-0.15, -0.1) is 0 Å². The molecule has 1 unspecified atom stereocenters. The molecular formula is C16H17N3O3. The van der Waals surface area contributed by atoms with Crippen LogP contribution in [-0.4, -0.2) is 27.5 Å². The highest BCUT2D eigenvalue weighted by atomic mass is 16.7. The highest BCUT2D eigenvalue weighted by Crippen LogP contribution is 2.38. The van der Waals surface area contributed by atoms with Gasteiger partial charge in [-0.1, -0.05) is 12.1 Å². The van der Waals surface area contributed by atoms with Gasteiger partial charge >= 0.3 is 0 Å². The van der Waals surface area contributed by atoms with E-state index in [2.05, 4.69) is 17.2 Å². The lowest BCUT2D eigenvalue weighted by molar-refractivity contribution is 0.174. The molecule has 1 aromatic carbocycles. The molecule has 0 bridgehead atoms. The fraction of sp³-hybridized carbons (Fsp3) is 0.375. The Kier molecular flexibility index (Phi) is 2.85. The molecule has 0 radical (unpaired) electrons. The van der Waals surface area contributed by atoms with Crippen LogP contribution in [0.4, 0.5) is 0 Å². The fourth-order valence-electron chi connectivity index (χ4n) is 3.27. The number of hydrogen-bond acceptors (Lipinski definition) is 5. The first-order valence-electron chi connectivity index (χ1n) is 7.34. The second kappa shape index (κ2) is 4.76. The van der Waals surface area contributed by atoms with Gasteiger partial charge in [0.15, 0.2) is 11.5 Å². The van der Waals surface area contributed by atoms with E-state index in [1.807, 2.05) is 29.9 Å². The predicted molar refractivity (Wildman–Crippen MR) is 80.6 cm³/mol. The molecule has 2 aliphatic rings. The Labute approximate surface area is 128 Å². The van der Waals surface area contributed by atoms with E-state index in [0.717, 1.165) is 46.9 Å². The lowest BCUT2D eigenvalue weighted by Gasteiger charge is -2.20. The summed E-state index contributed by atoms with van der Waals surface area (Å²) in [5.74, 6) is 1.92. The molecular weight excluding hydrogens is 282 g/mol. The molecule has 0 spiro atoms. The third-order valence-electron chi connectivity index (χ3n) is 4.30. The van der Waals surface area contributed by atoms with Crippen LogP contribution in [0.2, 0.25) is 0 Å². The van der Waals surface area contributed by atoms with Gasteiger partial charge in [0.2, 0.25) is 6.79 Å². The molecule has 0 amide bonds. The normalized spacial score (nSPS) is 21.2. The van der Waals surface area contributed by atoms with Gasteiger partial charge in [-0.05, 0) is 37.0 Å². The van der Waals surface area contributed by atoms with Crippen LogP contribution < -0.4 is 9.47 Å². The maximum atomic E-state index is 9.40. The maximum Gasteiger partial charge on any atom is 0.231 e. The zero-order chi connectivity index (χ0) is 15.3. The molecule has 2 aromatic rings. The molecule has 1 aliphatic heterocycles. The summed E-state index contributed by atoms with van der Waals surface area (Å²) in [7, 11) is 1.93. The van der Waals surface area contributed by atoms with E-state index in [0.29, 0.717) is 11.6 Å². The third-order valence-corrected chi connectivity index (χ3v) is 4.30. The molecule has 6 nitrogen and oxygen atoms in total. The highest BCUT2D eigenvalue weighted by Gasteiger charge is 2.29. The summed E-state index contributed by atoms with van der Waals surface area (Å²) in [6.07, 6.45) is 1.69. The number of fused-ring (bicyclic) bond motifs is 2. The van der Waals surface area contributed by atoms with E-state index >= 15 is 0 Å². The number of aryl methyl sites for hydroxylation is 1. The Bertz CT molecular complexity index is 779. The summed E-state index contributed by atoms with van der Waals surface area (Å²) in [5.41, 5.74) is 4.53. The standard InChI is InChI=1S/C16H17N3O3/c1-9-5-11(18-20)15-12(6-9)19(2)17-16(15)10-3-4-13-14(7-10)22-8-21-13/h3-4,7,9,20H,5-6,8H2,1-2H3. The van der Waals surface area contributed by atoms with E-state index < -0.39 is 0 Å². The van der Waals surface area contributed by atoms with E-state index in [9.17, 15) is 5.21 Å². The Balaban J connectivity index is 1.89. The molecule has 1 N–H and O–H groups in total. The van der Waals surface area contributed by atoms with Crippen molar-refractivity contribution in [3.05, 3.63) is 29.5 Å². The quantitative estimate of drug-likeness (QED) is 0.649. The second-order valence-corrected chi connectivity index (χ2v) is 5.92. The maximum absolute atomic E-state index is 9.40. The van der Waals surface area contributed by atoms with E-state index in [-0.39, 0.29) is 6.79 Å². The summed E-state index contributed by atoms with van der Waals surface area (Å²) >= 11 is 0. The van der Waals surface area contributed by atoms with Gasteiger partial charge in [0.05, 0.1) is 5.71 Å². The Hall–Kier alpha value is -2.50. The molecule has 1 atom stereocenters. The van der Waals surface area contributed by atoms with Crippen LogP contribution in [0.1, 0.15) is 24.6 Å². The largest absolute Gasteiger partial charge is 0.454 e. The molecule has 6 heteroatoms. The van der Waals surface area contributed by atoms with Gasteiger partial charge in [0.25, 0.3) is 0 Å². The second-order valence-electron chi connectivity index (χ2n) is 5.92. The fourth-order valence-corrected chi connectivity index (χ4v) is 3.27. The highest BCUT2D eigenvalue weighted by molar-refractivity contribution is 6.07. The van der Waals surface area contributed by atoms with Crippen molar-refractivity contribution in [1.82, 2.24) is 9.78 Å². The van der Waals surface area contributed by atoms with Gasteiger partial charge in [-0.2, -0.15) is 5.10 Å². The average Bonchev–Trinajstić information content (AvgIpc) is 3.10. The van der Waals surface area contributed by atoms with E-state index in [1.54, 1.807) is 0 Å². The topological polar surface area (TPSA) is 68.9 Å². The number of nitrogens with zero attached hydrogens (tertiary/aromatic N) is 3. The van der Waals surface area contributed by atoms with Crippen molar-refractivity contribution >= 4 is 5.71 Å². The van der Waals surface area contributed by atoms with Gasteiger partial charge in [-0.25, -0.2) is 0 Å². The van der Waals surface area contributed by atoms with E-state index in [1.165, 1.54) is 0 Å². The summed E-state index contributed by atoms with van der Waals surface area (Å²) in [4.78, 5) is 0. The number of aromatic nitrogens is 2. The third kappa shape index (κ3) is 1.87. The Morgan fingerprint density at radius 2 is 2.09 bits per heavy atom. The molecule has 1 aromatic heterocycles. The molecule has 0 fully saturated rings. The van der Waals surface area contributed by atoms with Crippen LogP contribution >= 0.6 is 0 Å². The van der Waals surface area contributed by atoms with Crippen molar-refractivity contribution in [3.8, 4) is 22.8 Å². The van der Waals surface area contributed by atoms with Crippen LogP contribution in [0.25, 0.3) is 11.3 Å². The lowest BCUT2D eigenvalue weighted by Crippen LogP contribution is -2.20. The molecule has 1 aliphatic carbocycles. The first kappa shape index (κ1) is 13.2.